The molecule has 76 valence electrons. The van der Waals surface area contributed by atoms with Crippen molar-refractivity contribution in [3.8, 4) is 0 Å². The molecule has 2 heterocycles. The van der Waals surface area contributed by atoms with E-state index in [9.17, 15) is 4.79 Å². The fourth-order valence-electron chi connectivity index (χ4n) is 1.72. The van der Waals surface area contributed by atoms with Crippen molar-refractivity contribution in [1.29, 1.82) is 0 Å². The van der Waals surface area contributed by atoms with Gasteiger partial charge in [0.25, 0.3) is 0 Å². The van der Waals surface area contributed by atoms with Crippen molar-refractivity contribution in [3.63, 3.8) is 0 Å². The zero-order valence-corrected chi connectivity index (χ0v) is 8.11. The minimum atomic E-state index is 0.241. The highest BCUT2D eigenvalue weighted by molar-refractivity contribution is 5.76. The first-order chi connectivity index (χ1) is 6.86. The van der Waals surface area contributed by atoms with E-state index in [4.69, 9.17) is 4.42 Å². The maximum Gasteiger partial charge on any atom is 0.222 e. The lowest BCUT2D eigenvalue weighted by Crippen LogP contribution is -2.27. The molecule has 0 unspecified atom stereocenters. The van der Waals surface area contributed by atoms with Crippen LogP contribution in [0, 0.1) is 0 Å². The molecule has 0 atom stereocenters. The van der Waals surface area contributed by atoms with Crippen LogP contribution in [0.25, 0.3) is 0 Å². The van der Waals surface area contributed by atoms with E-state index < -0.39 is 0 Å². The fourth-order valence-corrected chi connectivity index (χ4v) is 1.72. The lowest BCUT2D eigenvalue weighted by atomic mass is 10.2. The maximum atomic E-state index is 11.6. The molecule has 14 heavy (non-hydrogen) atoms. The Labute approximate surface area is 82.9 Å². The van der Waals surface area contributed by atoms with Crippen molar-refractivity contribution >= 4 is 5.91 Å². The molecule has 0 aliphatic carbocycles. The Morgan fingerprint density at radius 1 is 1.50 bits per heavy atom. The van der Waals surface area contributed by atoms with Crippen molar-refractivity contribution in [2.45, 2.75) is 25.7 Å². The van der Waals surface area contributed by atoms with Gasteiger partial charge in [-0.1, -0.05) is 0 Å². The van der Waals surface area contributed by atoms with Crippen LogP contribution in [0.4, 0.5) is 0 Å². The molecule has 1 aliphatic heterocycles. The quantitative estimate of drug-likeness (QED) is 0.727. The van der Waals surface area contributed by atoms with Crippen molar-refractivity contribution in [2.24, 2.45) is 0 Å². The Morgan fingerprint density at radius 3 is 2.93 bits per heavy atom. The van der Waals surface area contributed by atoms with E-state index in [0.717, 1.165) is 31.6 Å². The third-order valence-corrected chi connectivity index (χ3v) is 2.54. The summed E-state index contributed by atoms with van der Waals surface area (Å²) in [6.45, 7) is 1.86. The summed E-state index contributed by atoms with van der Waals surface area (Å²) in [5.41, 5.74) is 0.859. The van der Waals surface area contributed by atoms with Crippen LogP contribution in [0.15, 0.2) is 17.1 Å². The van der Waals surface area contributed by atoms with Crippen LogP contribution in [-0.4, -0.2) is 28.9 Å². The summed E-state index contributed by atoms with van der Waals surface area (Å²) in [5.74, 6) is 0.241. The molecular weight excluding hydrogens is 180 g/mol. The number of oxazole rings is 1. The Bertz CT molecular complexity index is 289. The van der Waals surface area contributed by atoms with Gasteiger partial charge < -0.3 is 9.32 Å². The first-order valence-corrected chi connectivity index (χ1v) is 5.01. The number of aromatic nitrogens is 1. The molecule has 0 saturated carbocycles. The first-order valence-electron chi connectivity index (χ1n) is 5.01. The average molecular weight is 194 g/mol. The summed E-state index contributed by atoms with van der Waals surface area (Å²) in [6, 6.07) is 0. The van der Waals surface area contributed by atoms with Gasteiger partial charge in [-0.25, -0.2) is 4.98 Å². The summed E-state index contributed by atoms with van der Waals surface area (Å²) in [7, 11) is 0. The first kappa shape index (κ1) is 9.24. The number of carbonyl (C=O) groups excluding carboxylic acids is 1. The summed E-state index contributed by atoms with van der Waals surface area (Å²) >= 11 is 0. The van der Waals surface area contributed by atoms with Gasteiger partial charge >= 0.3 is 0 Å². The number of hydrogen-bond acceptors (Lipinski definition) is 3. The molecule has 0 spiro atoms. The normalized spacial score (nSPS) is 16.1. The van der Waals surface area contributed by atoms with Crippen LogP contribution in [0.1, 0.15) is 25.0 Å². The van der Waals surface area contributed by atoms with Gasteiger partial charge in [-0.2, -0.15) is 0 Å². The predicted molar refractivity (Wildman–Crippen MR) is 50.6 cm³/mol. The van der Waals surface area contributed by atoms with Crippen LogP contribution >= 0.6 is 0 Å². The third-order valence-electron chi connectivity index (χ3n) is 2.54. The van der Waals surface area contributed by atoms with Crippen molar-refractivity contribution < 1.29 is 9.21 Å². The second kappa shape index (κ2) is 4.26. The van der Waals surface area contributed by atoms with Gasteiger partial charge in [-0.05, 0) is 12.8 Å². The molecule has 1 aromatic heterocycles. The molecule has 1 aromatic rings. The Morgan fingerprint density at radius 2 is 2.29 bits per heavy atom. The number of nitrogens with zero attached hydrogens (tertiary/aromatic N) is 2. The number of likely N-dealkylation sites (tertiary alicyclic amines) is 1. The highest BCUT2D eigenvalue weighted by atomic mass is 16.3. The largest absolute Gasteiger partial charge is 0.451 e. The van der Waals surface area contributed by atoms with Crippen LogP contribution < -0.4 is 0 Å². The molecule has 2 rings (SSSR count). The highest BCUT2D eigenvalue weighted by Gasteiger charge is 2.17. The second-order valence-corrected chi connectivity index (χ2v) is 3.57. The van der Waals surface area contributed by atoms with Crippen molar-refractivity contribution in [1.82, 2.24) is 9.88 Å². The Kier molecular flexibility index (Phi) is 2.81. The molecule has 0 N–H and O–H groups in total. The fraction of sp³-hybridized carbons (Fsp3) is 0.600. The Hall–Kier alpha value is -1.32. The Balaban J connectivity index is 1.77. The van der Waals surface area contributed by atoms with Gasteiger partial charge in [-0.3, -0.25) is 4.79 Å². The number of carbonyl (C=O) groups is 1. The summed E-state index contributed by atoms with van der Waals surface area (Å²) < 4.78 is 4.84. The molecule has 1 fully saturated rings. The zero-order chi connectivity index (χ0) is 9.80. The monoisotopic (exact) mass is 194 g/mol. The zero-order valence-electron chi connectivity index (χ0n) is 8.11. The van der Waals surface area contributed by atoms with E-state index in [1.54, 1.807) is 6.26 Å². The predicted octanol–water partition coefficient (Wildman–Crippen LogP) is 1.23. The summed E-state index contributed by atoms with van der Waals surface area (Å²) in [6.07, 6.45) is 6.52. The minimum absolute atomic E-state index is 0.241. The molecule has 1 saturated heterocycles. The van der Waals surface area contributed by atoms with Gasteiger partial charge in [0.1, 0.15) is 6.26 Å². The average Bonchev–Trinajstić information content (AvgIpc) is 2.87. The highest BCUT2D eigenvalue weighted by Crippen LogP contribution is 2.10. The smallest absolute Gasteiger partial charge is 0.222 e. The molecular formula is C10H14N2O2. The van der Waals surface area contributed by atoms with Crippen LogP contribution in [0.5, 0.6) is 0 Å². The molecule has 4 heteroatoms. The van der Waals surface area contributed by atoms with Crippen molar-refractivity contribution in [2.75, 3.05) is 13.1 Å². The van der Waals surface area contributed by atoms with E-state index in [0.29, 0.717) is 12.8 Å². The molecule has 0 aromatic carbocycles. The summed E-state index contributed by atoms with van der Waals surface area (Å²) in [4.78, 5) is 17.5. The lowest BCUT2D eigenvalue weighted by Gasteiger charge is -2.14. The van der Waals surface area contributed by atoms with Gasteiger partial charge in [0, 0.05) is 25.9 Å². The number of aryl methyl sites for hydroxylation is 1. The maximum absolute atomic E-state index is 11.6. The molecule has 0 bridgehead atoms. The van der Waals surface area contributed by atoms with Crippen molar-refractivity contribution in [3.05, 3.63) is 18.4 Å². The van der Waals surface area contributed by atoms with Crippen LogP contribution in [0.3, 0.4) is 0 Å². The van der Waals surface area contributed by atoms with Gasteiger partial charge in [0.2, 0.25) is 5.91 Å². The second-order valence-electron chi connectivity index (χ2n) is 3.57. The standard InChI is InChI=1S/C10H14N2O2/c13-10(12-5-1-2-6-12)4-3-9-7-14-8-11-9/h7-8H,1-6H2. The number of amides is 1. The molecule has 1 amide bonds. The topological polar surface area (TPSA) is 46.3 Å². The lowest BCUT2D eigenvalue weighted by molar-refractivity contribution is -0.130. The van der Waals surface area contributed by atoms with E-state index in [1.165, 1.54) is 6.39 Å². The van der Waals surface area contributed by atoms with Gasteiger partial charge in [0.15, 0.2) is 6.39 Å². The SMILES string of the molecule is O=C(CCc1cocn1)N1CCCC1. The molecule has 1 aliphatic rings. The van der Waals surface area contributed by atoms with Crippen LogP contribution in [-0.2, 0) is 11.2 Å². The van der Waals surface area contributed by atoms with E-state index in [-0.39, 0.29) is 5.91 Å². The number of rotatable bonds is 3. The van der Waals surface area contributed by atoms with E-state index in [1.807, 2.05) is 4.90 Å². The van der Waals surface area contributed by atoms with E-state index >= 15 is 0 Å². The minimum Gasteiger partial charge on any atom is -0.451 e. The van der Waals surface area contributed by atoms with Gasteiger partial charge in [-0.15, -0.1) is 0 Å². The van der Waals surface area contributed by atoms with Gasteiger partial charge in [0.05, 0.1) is 5.69 Å². The third kappa shape index (κ3) is 2.13. The summed E-state index contributed by atoms with van der Waals surface area (Å²) in [5, 5.41) is 0. The molecule has 4 nitrogen and oxygen atoms in total. The number of hydrogen-bond donors (Lipinski definition) is 0. The molecule has 0 radical (unpaired) electrons. The van der Waals surface area contributed by atoms with Crippen LogP contribution in [0.2, 0.25) is 0 Å². The van der Waals surface area contributed by atoms with E-state index in [2.05, 4.69) is 4.98 Å².